The van der Waals surface area contributed by atoms with E-state index in [1.54, 1.807) is 29.5 Å². The molecule has 0 aliphatic rings. The first-order valence-corrected chi connectivity index (χ1v) is 9.37. The van der Waals surface area contributed by atoms with E-state index in [4.69, 9.17) is 4.74 Å². The van der Waals surface area contributed by atoms with Gasteiger partial charge in [-0.15, -0.1) is 11.3 Å². The Balaban J connectivity index is 1.86. The molecule has 0 spiro atoms. The third-order valence-electron chi connectivity index (χ3n) is 3.77. The summed E-state index contributed by atoms with van der Waals surface area (Å²) in [7, 11) is 3.93. The van der Waals surface area contributed by atoms with Crippen LogP contribution in [-0.2, 0) is 9.59 Å². The van der Waals surface area contributed by atoms with Crippen molar-refractivity contribution in [2.75, 3.05) is 32.6 Å². The summed E-state index contributed by atoms with van der Waals surface area (Å²) in [6.45, 7) is 2.83. The van der Waals surface area contributed by atoms with Gasteiger partial charge in [0.15, 0.2) is 0 Å². The summed E-state index contributed by atoms with van der Waals surface area (Å²) < 4.78 is 5.47. The van der Waals surface area contributed by atoms with Crippen LogP contribution in [0.25, 0.3) is 0 Å². The Morgan fingerprint density at radius 2 is 1.92 bits per heavy atom. The summed E-state index contributed by atoms with van der Waals surface area (Å²) in [6.07, 6.45) is -0.231. The maximum absolute atomic E-state index is 12.2. The van der Waals surface area contributed by atoms with Gasteiger partial charge in [-0.3, -0.25) is 9.59 Å². The Hall–Kier alpha value is -2.38. The zero-order valence-electron chi connectivity index (χ0n) is 15.3. The molecule has 2 rings (SSSR count). The van der Waals surface area contributed by atoms with Crippen molar-refractivity contribution in [1.29, 1.82) is 0 Å². The van der Waals surface area contributed by atoms with Gasteiger partial charge >= 0.3 is 0 Å². The third kappa shape index (κ3) is 5.86. The van der Waals surface area contributed by atoms with Crippen LogP contribution in [0.15, 0.2) is 41.8 Å². The normalized spacial score (nSPS) is 11.8. The number of para-hydroxylation sites is 2. The monoisotopic (exact) mass is 375 g/mol. The van der Waals surface area contributed by atoms with E-state index in [0.717, 1.165) is 0 Å². The standard InChI is InChI=1S/C19H25N3O3S/c1-4-25-16-9-6-5-8-14(16)21-19(24)12-18(23)20-13-15(22(2)3)17-10-7-11-26-17/h5-11,15H,4,12-13H2,1-3H3,(H,20,23)(H,21,24)/t15-/m1/s1. The molecule has 0 aliphatic heterocycles. The highest BCUT2D eigenvalue weighted by Crippen LogP contribution is 2.24. The van der Waals surface area contributed by atoms with Gasteiger partial charge < -0.3 is 20.3 Å². The van der Waals surface area contributed by atoms with Gasteiger partial charge in [0.1, 0.15) is 12.2 Å². The second-order valence-corrected chi connectivity index (χ2v) is 6.93. The summed E-state index contributed by atoms with van der Waals surface area (Å²) in [5, 5.41) is 7.58. The number of likely N-dealkylation sites (N-methyl/N-ethyl adjacent to an activating group) is 1. The number of nitrogens with one attached hydrogen (secondary N) is 2. The number of nitrogens with zero attached hydrogens (tertiary/aromatic N) is 1. The topological polar surface area (TPSA) is 70.7 Å². The van der Waals surface area contributed by atoms with Gasteiger partial charge in [-0.25, -0.2) is 0 Å². The van der Waals surface area contributed by atoms with Gasteiger partial charge in [-0.2, -0.15) is 0 Å². The molecule has 6 nitrogen and oxygen atoms in total. The average molecular weight is 375 g/mol. The molecule has 0 aliphatic carbocycles. The maximum atomic E-state index is 12.2. The van der Waals surface area contributed by atoms with E-state index in [0.29, 0.717) is 24.6 Å². The molecule has 1 aromatic carbocycles. The molecule has 26 heavy (non-hydrogen) atoms. The molecule has 1 aromatic heterocycles. The minimum absolute atomic E-state index is 0.0840. The number of hydrogen-bond donors (Lipinski definition) is 2. The predicted octanol–water partition coefficient (Wildman–Crippen LogP) is 2.89. The molecule has 1 heterocycles. The molecule has 1 atom stereocenters. The number of benzene rings is 1. The van der Waals surface area contributed by atoms with Crippen LogP contribution in [0.2, 0.25) is 0 Å². The van der Waals surface area contributed by atoms with E-state index in [2.05, 4.69) is 10.6 Å². The van der Waals surface area contributed by atoms with Crippen molar-refractivity contribution in [2.24, 2.45) is 0 Å². The highest BCUT2D eigenvalue weighted by molar-refractivity contribution is 7.10. The third-order valence-corrected chi connectivity index (χ3v) is 4.74. The van der Waals surface area contributed by atoms with Crippen molar-refractivity contribution in [3.05, 3.63) is 46.7 Å². The summed E-state index contributed by atoms with van der Waals surface area (Å²) in [5.74, 6) is -0.0823. The van der Waals surface area contributed by atoms with Crippen molar-refractivity contribution in [3.8, 4) is 5.75 Å². The quantitative estimate of drug-likeness (QED) is 0.661. The summed E-state index contributed by atoms with van der Waals surface area (Å²) >= 11 is 1.65. The average Bonchev–Trinajstić information content (AvgIpc) is 3.11. The lowest BCUT2D eigenvalue weighted by molar-refractivity contribution is -0.126. The van der Waals surface area contributed by atoms with Crippen LogP contribution >= 0.6 is 11.3 Å². The second kappa shape index (κ2) is 9.94. The zero-order chi connectivity index (χ0) is 18.9. The summed E-state index contributed by atoms with van der Waals surface area (Å²) in [5.41, 5.74) is 0.567. The van der Waals surface area contributed by atoms with E-state index in [-0.39, 0.29) is 24.3 Å². The first kappa shape index (κ1) is 19.9. The van der Waals surface area contributed by atoms with E-state index in [1.807, 2.05) is 49.5 Å². The molecule has 0 unspecified atom stereocenters. The van der Waals surface area contributed by atoms with Gasteiger partial charge in [0.25, 0.3) is 0 Å². The molecule has 2 aromatic rings. The van der Waals surface area contributed by atoms with Gasteiger partial charge in [0.2, 0.25) is 11.8 Å². The molecule has 140 valence electrons. The minimum Gasteiger partial charge on any atom is -0.492 e. The SMILES string of the molecule is CCOc1ccccc1NC(=O)CC(=O)NC[C@H](c1cccs1)N(C)C. The van der Waals surface area contributed by atoms with Gasteiger partial charge in [0.05, 0.1) is 18.3 Å². The fourth-order valence-corrected chi connectivity index (χ4v) is 3.41. The number of rotatable bonds is 9. The zero-order valence-corrected chi connectivity index (χ0v) is 16.1. The first-order valence-electron chi connectivity index (χ1n) is 8.49. The highest BCUT2D eigenvalue weighted by Gasteiger charge is 2.17. The molecular weight excluding hydrogens is 350 g/mol. The molecule has 7 heteroatoms. The Bertz CT molecular complexity index is 717. The number of amides is 2. The van der Waals surface area contributed by atoms with Crippen LogP contribution in [-0.4, -0.2) is 44.0 Å². The van der Waals surface area contributed by atoms with Crippen LogP contribution in [0.4, 0.5) is 5.69 Å². The van der Waals surface area contributed by atoms with E-state index >= 15 is 0 Å². The van der Waals surface area contributed by atoms with Crippen molar-refractivity contribution in [3.63, 3.8) is 0 Å². The predicted molar refractivity (Wildman–Crippen MR) is 105 cm³/mol. The molecule has 0 fully saturated rings. The summed E-state index contributed by atoms with van der Waals surface area (Å²) in [6, 6.07) is 11.3. The second-order valence-electron chi connectivity index (χ2n) is 5.95. The van der Waals surface area contributed by atoms with Crippen molar-refractivity contribution >= 4 is 28.8 Å². The van der Waals surface area contributed by atoms with Gasteiger partial charge in [-0.1, -0.05) is 18.2 Å². The van der Waals surface area contributed by atoms with E-state index in [1.165, 1.54) is 4.88 Å². The molecule has 0 saturated heterocycles. The molecule has 0 radical (unpaired) electrons. The number of carbonyl (C=O) groups excluding carboxylic acids is 2. The number of carbonyl (C=O) groups is 2. The number of anilines is 1. The molecule has 2 amide bonds. The van der Waals surface area contributed by atoms with Crippen LogP contribution in [0.1, 0.15) is 24.3 Å². The lowest BCUT2D eigenvalue weighted by Gasteiger charge is -2.23. The van der Waals surface area contributed by atoms with Crippen LogP contribution in [0, 0.1) is 0 Å². The van der Waals surface area contributed by atoms with E-state index < -0.39 is 0 Å². The van der Waals surface area contributed by atoms with Crippen LogP contribution < -0.4 is 15.4 Å². The van der Waals surface area contributed by atoms with Crippen molar-refractivity contribution < 1.29 is 14.3 Å². The molecule has 0 bridgehead atoms. The first-order chi connectivity index (χ1) is 12.5. The van der Waals surface area contributed by atoms with Crippen molar-refractivity contribution in [2.45, 2.75) is 19.4 Å². The lowest BCUT2D eigenvalue weighted by Crippen LogP contribution is -2.35. The number of hydrogen-bond acceptors (Lipinski definition) is 5. The molecular formula is C19H25N3O3S. The largest absolute Gasteiger partial charge is 0.492 e. The number of thiophene rings is 1. The van der Waals surface area contributed by atoms with Gasteiger partial charge in [0, 0.05) is 11.4 Å². The van der Waals surface area contributed by atoms with Gasteiger partial charge in [-0.05, 0) is 44.6 Å². The number of ether oxygens (including phenoxy) is 1. The molecule has 0 saturated carbocycles. The van der Waals surface area contributed by atoms with Crippen LogP contribution in [0.5, 0.6) is 5.75 Å². The molecule has 2 N–H and O–H groups in total. The Morgan fingerprint density at radius 3 is 2.58 bits per heavy atom. The van der Waals surface area contributed by atoms with E-state index in [9.17, 15) is 9.59 Å². The minimum atomic E-state index is -0.368. The Morgan fingerprint density at radius 1 is 1.15 bits per heavy atom. The smallest absolute Gasteiger partial charge is 0.233 e. The Labute approximate surface area is 158 Å². The lowest BCUT2D eigenvalue weighted by atomic mass is 10.2. The Kier molecular flexibility index (Phi) is 7.62. The van der Waals surface area contributed by atoms with Crippen molar-refractivity contribution in [1.82, 2.24) is 10.2 Å². The van der Waals surface area contributed by atoms with Crippen LogP contribution in [0.3, 0.4) is 0 Å². The summed E-state index contributed by atoms with van der Waals surface area (Å²) in [4.78, 5) is 27.5. The maximum Gasteiger partial charge on any atom is 0.233 e. The fraction of sp³-hybridized carbons (Fsp3) is 0.368. The fourth-order valence-electron chi connectivity index (χ4n) is 2.48. The highest BCUT2D eigenvalue weighted by atomic mass is 32.1.